The molecule has 0 saturated heterocycles. The van der Waals surface area contributed by atoms with Crippen molar-refractivity contribution in [3.8, 4) is 0 Å². The summed E-state index contributed by atoms with van der Waals surface area (Å²) in [4.78, 5) is 0. The molecule has 0 aliphatic carbocycles. The quantitative estimate of drug-likeness (QED) is 0.544. The highest BCUT2D eigenvalue weighted by Gasteiger charge is 1.96. The van der Waals surface area contributed by atoms with Gasteiger partial charge >= 0.3 is 0 Å². The number of hydrogen-bond acceptors (Lipinski definition) is 2. The molecule has 8 heavy (non-hydrogen) atoms. The minimum absolute atomic E-state index is 0.234. The third-order valence-corrected chi connectivity index (χ3v) is 1.63. The second kappa shape index (κ2) is 5.28. The first-order chi connectivity index (χ1) is 3.81. The lowest BCUT2D eigenvalue weighted by Crippen LogP contribution is -2.14. The highest BCUT2D eigenvalue weighted by Crippen LogP contribution is 1.88. The molecule has 1 atom stereocenters. The van der Waals surface area contributed by atoms with Gasteiger partial charge in [-0.2, -0.15) is 0 Å². The highest BCUT2D eigenvalue weighted by atomic mass is 28.2. The standard InChI is InChI=1S/C5H14O2Si/c1-3-5(6)4-7-8-2/h5-6H,3-4,8H2,1-2H3. The Morgan fingerprint density at radius 3 is 2.75 bits per heavy atom. The Labute approximate surface area is 52.8 Å². The van der Waals surface area contributed by atoms with Gasteiger partial charge < -0.3 is 9.53 Å². The summed E-state index contributed by atoms with van der Waals surface area (Å²) in [6, 6.07) is 0. The van der Waals surface area contributed by atoms with E-state index in [1.807, 2.05) is 6.92 Å². The van der Waals surface area contributed by atoms with Gasteiger partial charge in [-0.3, -0.25) is 0 Å². The Hall–Kier alpha value is 0.137. The van der Waals surface area contributed by atoms with Crippen molar-refractivity contribution in [2.24, 2.45) is 0 Å². The van der Waals surface area contributed by atoms with E-state index in [-0.39, 0.29) is 15.9 Å². The Morgan fingerprint density at radius 2 is 2.38 bits per heavy atom. The zero-order chi connectivity index (χ0) is 6.41. The smallest absolute Gasteiger partial charge is 0.158 e. The van der Waals surface area contributed by atoms with Gasteiger partial charge in [0, 0.05) is 0 Å². The van der Waals surface area contributed by atoms with E-state index in [1.165, 1.54) is 0 Å². The van der Waals surface area contributed by atoms with Gasteiger partial charge in [-0.25, -0.2) is 0 Å². The Bertz CT molecular complexity index is 49.7. The molecule has 0 heterocycles. The Kier molecular flexibility index (Phi) is 5.37. The lowest BCUT2D eigenvalue weighted by molar-refractivity contribution is 0.107. The molecule has 0 spiro atoms. The second-order valence-electron chi connectivity index (χ2n) is 1.72. The van der Waals surface area contributed by atoms with Crippen molar-refractivity contribution >= 4 is 9.76 Å². The molecule has 0 aromatic heterocycles. The average Bonchev–Trinajstić information content (AvgIpc) is 1.83. The van der Waals surface area contributed by atoms with Crippen molar-refractivity contribution in [1.29, 1.82) is 0 Å². The first-order valence-electron chi connectivity index (χ1n) is 3.07. The van der Waals surface area contributed by atoms with Crippen LogP contribution in [0, 0.1) is 0 Å². The van der Waals surface area contributed by atoms with Crippen LogP contribution < -0.4 is 0 Å². The normalized spacial score (nSPS) is 15.4. The lowest BCUT2D eigenvalue weighted by Gasteiger charge is -2.05. The van der Waals surface area contributed by atoms with E-state index in [1.54, 1.807) is 0 Å². The summed E-state index contributed by atoms with van der Waals surface area (Å²) < 4.78 is 5.08. The summed E-state index contributed by atoms with van der Waals surface area (Å²) in [5.41, 5.74) is 0. The predicted molar refractivity (Wildman–Crippen MR) is 36.7 cm³/mol. The van der Waals surface area contributed by atoms with Crippen LogP contribution in [0.25, 0.3) is 0 Å². The zero-order valence-electron chi connectivity index (χ0n) is 5.55. The molecule has 0 radical (unpaired) electrons. The molecule has 0 amide bonds. The molecule has 50 valence electrons. The van der Waals surface area contributed by atoms with E-state index in [0.29, 0.717) is 6.61 Å². The van der Waals surface area contributed by atoms with Gasteiger partial charge in [-0.1, -0.05) is 13.5 Å². The van der Waals surface area contributed by atoms with E-state index in [2.05, 4.69) is 6.55 Å². The maximum absolute atomic E-state index is 8.89. The van der Waals surface area contributed by atoms with Crippen LogP contribution >= 0.6 is 0 Å². The molecule has 3 heteroatoms. The molecule has 2 nitrogen and oxygen atoms in total. The Balaban J connectivity index is 2.86. The van der Waals surface area contributed by atoms with E-state index >= 15 is 0 Å². The fourth-order valence-electron chi connectivity index (χ4n) is 0.372. The molecular weight excluding hydrogens is 120 g/mol. The maximum atomic E-state index is 8.89. The summed E-state index contributed by atoms with van der Waals surface area (Å²) in [6.45, 7) is 4.55. The predicted octanol–water partition coefficient (Wildman–Crippen LogP) is -0.0942. The van der Waals surface area contributed by atoms with Crippen LogP contribution in [0.2, 0.25) is 6.55 Å². The zero-order valence-corrected chi connectivity index (χ0v) is 6.97. The molecule has 0 aliphatic rings. The number of aliphatic hydroxyl groups excluding tert-OH is 1. The van der Waals surface area contributed by atoms with Crippen molar-refractivity contribution in [2.45, 2.75) is 26.0 Å². The van der Waals surface area contributed by atoms with Crippen LogP contribution in [0.5, 0.6) is 0 Å². The van der Waals surface area contributed by atoms with Gasteiger partial charge in [0.2, 0.25) is 0 Å². The SMILES string of the molecule is CCC(O)CO[SiH2]C. The van der Waals surface area contributed by atoms with Crippen LogP contribution in [0.15, 0.2) is 0 Å². The van der Waals surface area contributed by atoms with Crippen LogP contribution in [0.4, 0.5) is 0 Å². The summed E-state index contributed by atoms with van der Waals surface area (Å²) in [6.07, 6.45) is 0.566. The summed E-state index contributed by atoms with van der Waals surface area (Å²) in [5, 5.41) is 8.89. The fraction of sp³-hybridized carbons (Fsp3) is 1.00. The first-order valence-corrected chi connectivity index (χ1v) is 5.06. The molecule has 0 rings (SSSR count). The molecule has 1 N–H and O–H groups in total. The summed E-state index contributed by atoms with van der Waals surface area (Å²) in [7, 11) is -0.298. The first kappa shape index (κ1) is 8.14. The van der Waals surface area contributed by atoms with Crippen LogP contribution in [0.3, 0.4) is 0 Å². The molecule has 0 aromatic rings. The number of aliphatic hydroxyl groups is 1. The van der Waals surface area contributed by atoms with Gasteiger partial charge in [0.05, 0.1) is 12.7 Å². The highest BCUT2D eigenvalue weighted by molar-refractivity contribution is 6.24. The van der Waals surface area contributed by atoms with Crippen molar-refractivity contribution < 1.29 is 9.53 Å². The fourth-order valence-corrected chi connectivity index (χ4v) is 0.880. The van der Waals surface area contributed by atoms with Gasteiger partial charge in [0.1, 0.15) is 0 Å². The summed E-state index contributed by atoms with van der Waals surface area (Å²) >= 11 is 0. The average molecular weight is 134 g/mol. The van der Waals surface area contributed by atoms with E-state index in [0.717, 1.165) is 6.42 Å². The van der Waals surface area contributed by atoms with E-state index in [4.69, 9.17) is 9.53 Å². The molecule has 0 bridgehead atoms. The van der Waals surface area contributed by atoms with Gasteiger partial charge in [0.15, 0.2) is 9.76 Å². The van der Waals surface area contributed by atoms with Crippen molar-refractivity contribution in [3.63, 3.8) is 0 Å². The molecule has 0 aliphatic heterocycles. The van der Waals surface area contributed by atoms with Crippen molar-refractivity contribution in [3.05, 3.63) is 0 Å². The molecular formula is C5H14O2Si. The van der Waals surface area contributed by atoms with Crippen LogP contribution in [-0.2, 0) is 4.43 Å². The Morgan fingerprint density at radius 1 is 1.75 bits per heavy atom. The summed E-state index contributed by atoms with van der Waals surface area (Å²) in [5.74, 6) is 0. The minimum Gasteiger partial charge on any atom is -0.422 e. The molecule has 0 aromatic carbocycles. The second-order valence-corrected chi connectivity index (χ2v) is 2.71. The van der Waals surface area contributed by atoms with Crippen LogP contribution in [0.1, 0.15) is 13.3 Å². The monoisotopic (exact) mass is 134 g/mol. The van der Waals surface area contributed by atoms with Crippen LogP contribution in [-0.4, -0.2) is 27.6 Å². The molecule has 1 unspecified atom stereocenters. The number of rotatable bonds is 4. The molecule has 0 fully saturated rings. The third-order valence-electron chi connectivity index (χ3n) is 0.986. The van der Waals surface area contributed by atoms with Gasteiger partial charge in [-0.15, -0.1) is 0 Å². The maximum Gasteiger partial charge on any atom is 0.158 e. The van der Waals surface area contributed by atoms with Gasteiger partial charge in [-0.05, 0) is 6.42 Å². The topological polar surface area (TPSA) is 29.5 Å². The van der Waals surface area contributed by atoms with Crippen molar-refractivity contribution in [2.75, 3.05) is 6.61 Å². The largest absolute Gasteiger partial charge is 0.422 e. The van der Waals surface area contributed by atoms with Gasteiger partial charge in [0.25, 0.3) is 0 Å². The van der Waals surface area contributed by atoms with E-state index < -0.39 is 0 Å². The van der Waals surface area contributed by atoms with Crippen molar-refractivity contribution in [1.82, 2.24) is 0 Å². The van der Waals surface area contributed by atoms with E-state index in [9.17, 15) is 0 Å². The number of hydrogen-bond donors (Lipinski definition) is 1. The molecule has 0 saturated carbocycles. The lowest BCUT2D eigenvalue weighted by atomic mass is 10.3. The minimum atomic E-state index is -0.298. The third kappa shape index (κ3) is 4.30.